The summed E-state index contributed by atoms with van der Waals surface area (Å²) >= 11 is 0. The van der Waals surface area contributed by atoms with E-state index in [2.05, 4.69) is 11.8 Å². The number of nitrogens with zero attached hydrogens (tertiary/aromatic N) is 1. The Morgan fingerprint density at radius 2 is 2.38 bits per heavy atom. The average Bonchev–Trinajstić information content (AvgIpc) is 2.30. The molecule has 96 valence electrons. The monoisotopic (exact) mass is 231 g/mol. The van der Waals surface area contributed by atoms with Crippen LogP contribution in [0.1, 0.15) is 26.2 Å². The molecule has 1 rings (SSSR count). The Morgan fingerprint density at radius 1 is 1.56 bits per heavy atom. The van der Waals surface area contributed by atoms with Crippen molar-refractivity contribution in [3.63, 3.8) is 0 Å². The molecule has 1 N–H and O–H groups in total. The lowest BCUT2D eigenvalue weighted by molar-refractivity contribution is -0.0914. The van der Waals surface area contributed by atoms with Crippen LogP contribution in [0.15, 0.2) is 0 Å². The van der Waals surface area contributed by atoms with Crippen LogP contribution in [0.2, 0.25) is 0 Å². The van der Waals surface area contributed by atoms with Crippen LogP contribution in [0, 0.1) is 0 Å². The lowest BCUT2D eigenvalue weighted by Gasteiger charge is -2.35. The van der Waals surface area contributed by atoms with Gasteiger partial charge in [-0.15, -0.1) is 0 Å². The first kappa shape index (κ1) is 13.9. The van der Waals surface area contributed by atoms with Gasteiger partial charge in [0.25, 0.3) is 0 Å². The SMILES string of the molecule is CCCN1CCOC(C(O)CCCOC)C1. The van der Waals surface area contributed by atoms with E-state index in [0.29, 0.717) is 6.61 Å². The third kappa shape index (κ3) is 4.78. The molecule has 0 amide bonds. The van der Waals surface area contributed by atoms with Crippen molar-refractivity contribution in [3.05, 3.63) is 0 Å². The highest BCUT2D eigenvalue weighted by Crippen LogP contribution is 2.13. The maximum absolute atomic E-state index is 9.98. The smallest absolute Gasteiger partial charge is 0.0961 e. The van der Waals surface area contributed by atoms with Crippen molar-refractivity contribution >= 4 is 0 Å². The molecule has 0 aromatic carbocycles. The third-order valence-corrected chi connectivity index (χ3v) is 2.99. The van der Waals surface area contributed by atoms with Crippen molar-refractivity contribution in [2.75, 3.05) is 40.0 Å². The van der Waals surface area contributed by atoms with Crippen LogP contribution in [0.25, 0.3) is 0 Å². The molecule has 2 atom stereocenters. The highest BCUT2D eigenvalue weighted by atomic mass is 16.5. The summed E-state index contributed by atoms with van der Waals surface area (Å²) in [5.74, 6) is 0. The summed E-state index contributed by atoms with van der Waals surface area (Å²) in [6.45, 7) is 6.59. The zero-order valence-electron chi connectivity index (χ0n) is 10.5. The molecule has 1 fully saturated rings. The third-order valence-electron chi connectivity index (χ3n) is 2.99. The first-order chi connectivity index (χ1) is 7.77. The molecule has 4 heteroatoms. The minimum atomic E-state index is -0.352. The predicted octanol–water partition coefficient (Wildman–Crippen LogP) is 0.885. The van der Waals surface area contributed by atoms with E-state index in [0.717, 1.165) is 45.5 Å². The van der Waals surface area contributed by atoms with E-state index >= 15 is 0 Å². The Kier molecular flexibility index (Phi) is 6.96. The van der Waals surface area contributed by atoms with Gasteiger partial charge in [0.15, 0.2) is 0 Å². The second kappa shape index (κ2) is 8.01. The molecule has 0 spiro atoms. The first-order valence-corrected chi connectivity index (χ1v) is 6.29. The summed E-state index contributed by atoms with van der Waals surface area (Å²) in [5.41, 5.74) is 0. The summed E-state index contributed by atoms with van der Waals surface area (Å²) in [7, 11) is 1.69. The van der Waals surface area contributed by atoms with E-state index in [4.69, 9.17) is 9.47 Å². The van der Waals surface area contributed by atoms with Gasteiger partial charge in [0, 0.05) is 26.8 Å². The van der Waals surface area contributed by atoms with E-state index in [9.17, 15) is 5.11 Å². The lowest BCUT2D eigenvalue weighted by atomic mass is 10.1. The Balaban J connectivity index is 2.23. The fourth-order valence-electron chi connectivity index (χ4n) is 2.11. The highest BCUT2D eigenvalue weighted by Gasteiger charge is 2.25. The average molecular weight is 231 g/mol. The van der Waals surface area contributed by atoms with Crippen molar-refractivity contribution in [3.8, 4) is 0 Å². The van der Waals surface area contributed by atoms with Gasteiger partial charge in [-0.05, 0) is 25.8 Å². The maximum Gasteiger partial charge on any atom is 0.0961 e. The molecule has 0 aromatic rings. The van der Waals surface area contributed by atoms with Crippen LogP contribution in [0.4, 0.5) is 0 Å². The molecule has 1 saturated heterocycles. The topological polar surface area (TPSA) is 41.9 Å². The molecule has 1 aliphatic heterocycles. The molecule has 4 nitrogen and oxygen atoms in total. The Morgan fingerprint density at radius 3 is 3.06 bits per heavy atom. The molecular formula is C12H25NO3. The lowest BCUT2D eigenvalue weighted by Crippen LogP contribution is -2.47. The quantitative estimate of drug-likeness (QED) is 0.661. The van der Waals surface area contributed by atoms with Crippen molar-refractivity contribution in [2.24, 2.45) is 0 Å². The van der Waals surface area contributed by atoms with Gasteiger partial charge < -0.3 is 14.6 Å². The standard InChI is InChI=1S/C12H25NO3/c1-3-6-13-7-9-16-12(10-13)11(14)5-4-8-15-2/h11-12,14H,3-10H2,1-2H3. The Hall–Kier alpha value is -0.160. The largest absolute Gasteiger partial charge is 0.390 e. The summed E-state index contributed by atoms with van der Waals surface area (Å²) < 4.78 is 10.6. The predicted molar refractivity (Wildman–Crippen MR) is 63.6 cm³/mol. The number of morpholine rings is 1. The molecule has 16 heavy (non-hydrogen) atoms. The van der Waals surface area contributed by atoms with Crippen LogP contribution >= 0.6 is 0 Å². The molecule has 0 aromatic heterocycles. The summed E-state index contributed by atoms with van der Waals surface area (Å²) in [6, 6.07) is 0. The van der Waals surface area contributed by atoms with Gasteiger partial charge in [-0.1, -0.05) is 6.92 Å². The number of aliphatic hydroxyl groups excluding tert-OH is 1. The van der Waals surface area contributed by atoms with Gasteiger partial charge in [-0.2, -0.15) is 0 Å². The van der Waals surface area contributed by atoms with E-state index < -0.39 is 0 Å². The fraction of sp³-hybridized carbons (Fsp3) is 1.00. The second-order valence-electron chi connectivity index (χ2n) is 4.41. The second-order valence-corrected chi connectivity index (χ2v) is 4.41. The van der Waals surface area contributed by atoms with Crippen LogP contribution in [-0.4, -0.2) is 62.2 Å². The molecule has 1 heterocycles. The van der Waals surface area contributed by atoms with Gasteiger partial charge in [0.1, 0.15) is 0 Å². The number of hydrogen-bond donors (Lipinski definition) is 1. The van der Waals surface area contributed by atoms with Crippen molar-refractivity contribution in [1.29, 1.82) is 0 Å². The summed E-state index contributed by atoms with van der Waals surface area (Å²) in [5, 5.41) is 9.98. The van der Waals surface area contributed by atoms with Gasteiger partial charge in [-0.25, -0.2) is 0 Å². The van der Waals surface area contributed by atoms with Gasteiger partial charge >= 0.3 is 0 Å². The summed E-state index contributed by atoms with van der Waals surface area (Å²) in [4.78, 5) is 2.37. The van der Waals surface area contributed by atoms with Crippen LogP contribution < -0.4 is 0 Å². The number of aliphatic hydroxyl groups is 1. The zero-order chi connectivity index (χ0) is 11.8. The Bertz CT molecular complexity index is 176. The van der Waals surface area contributed by atoms with E-state index in [1.165, 1.54) is 0 Å². The first-order valence-electron chi connectivity index (χ1n) is 6.29. The maximum atomic E-state index is 9.98. The molecule has 0 aliphatic carbocycles. The zero-order valence-corrected chi connectivity index (χ0v) is 10.5. The van der Waals surface area contributed by atoms with Crippen LogP contribution in [0.5, 0.6) is 0 Å². The Labute approximate surface area is 98.5 Å². The number of hydrogen-bond acceptors (Lipinski definition) is 4. The molecule has 0 radical (unpaired) electrons. The van der Waals surface area contributed by atoms with Gasteiger partial charge in [-0.3, -0.25) is 4.90 Å². The number of ether oxygens (including phenoxy) is 2. The fourth-order valence-corrected chi connectivity index (χ4v) is 2.11. The van der Waals surface area contributed by atoms with E-state index in [1.54, 1.807) is 7.11 Å². The molecular weight excluding hydrogens is 206 g/mol. The minimum absolute atomic E-state index is 0.0165. The number of rotatable bonds is 7. The van der Waals surface area contributed by atoms with Crippen molar-refractivity contribution in [1.82, 2.24) is 4.90 Å². The van der Waals surface area contributed by atoms with E-state index in [-0.39, 0.29) is 12.2 Å². The van der Waals surface area contributed by atoms with Crippen molar-refractivity contribution in [2.45, 2.75) is 38.4 Å². The van der Waals surface area contributed by atoms with Crippen LogP contribution in [0.3, 0.4) is 0 Å². The minimum Gasteiger partial charge on any atom is -0.390 e. The molecule has 0 saturated carbocycles. The molecule has 1 aliphatic rings. The summed E-state index contributed by atoms with van der Waals surface area (Å²) in [6.07, 6.45) is 2.45. The molecule has 2 unspecified atom stereocenters. The van der Waals surface area contributed by atoms with Crippen molar-refractivity contribution < 1.29 is 14.6 Å². The normalized spacial score (nSPS) is 24.6. The number of methoxy groups -OCH3 is 1. The van der Waals surface area contributed by atoms with E-state index in [1.807, 2.05) is 0 Å². The van der Waals surface area contributed by atoms with Gasteiger partial charge in [0.05, 0.1) is 18.8 Å². The molecule has 0 bridgehead atoms. The van der Waals surface area contributed by atoms with Gasteiger partial charge in [0.2, 0.25) is 0 Å². The van der Waals surface area contributed by atoms with Crippen LogP contribution in [-0.2, 0) is 9.47 Å². The highest BCUT2D eigenvalue weighted by molar-refractivity contribution is 4.77.